The number of nitrogens with one attached hydrogen (secondary N) is 3. The molecule has 0 bridgehead atoms. The highest BCUT2D eigenvalue weighted by Gasteiger charge is 2.27. The lowest BCUT2D eigenvalue weighted by atomic mass is 10.1. The number of ether oxygens (including phenoxy) is 12. The van der Waals surface area contributed by atoms with Crippen molar-refractivity contribution in [1.82, 2.24) is 16.0 Å². The van der Waals surface area contributed by atoms with E-state index in [0.29, 0.717) is 119 Å². The Bertz CT molecular complexity index is 834. The maximum Gasteiger partial charge on any atom is 0.222 e. The molecular formula is C37H74N4O18. The summed E-state index contributed by atoms with van der Waals surface area (Å²) >= 11 is 0. The molecule has 0 radical (unpaired) electrons. The number of rotatable bonds is 48. The van der Waals surface area contributed by atoms with E-state index in [9.17, 15) is 14.4 Å². The van der Waals surface area contributed by atoms with Gasteiger partial charge in [0.2, 0.25) is 17.7 Å². The summed E-state index contributed by atoms with van der Waals surface area (Å²) in [5, 5.41) is 34.2. The zero-order valence-corrected chi connectivity index (χ0v) is 34.9. The third-order valence-corrected chi connectivity index (χ3v) is 7.23. The van der Waals surface area contributed by atoms with Crippen molar-refractivity contribution in [1.29, 1.82) is 0 Å². The first kappa shape index (κ1) is 56.8. The van der Waals surface area contributed by atoms with Crippen LogP contribution in [0.3, 0.4) is 0 Å². The summed E-state index contributed by atoms with van der Waals surface area (Å²) < 4.78 is 64.7. The zero-order valence-electron chi connectivity index (χ0n) is 34.9. The Morgan fingerprint density at radius 3 is 0.797 bits per heavy atom. The van der Waals surface area contributed by atoms with Gasteiger partial charge in [-0.1, -0.05) is 0 Å². The second-order valence-electron chi connectivity index (χ2n) is 12.5. The second kappa shape index (κ2) is 45.3. The van der Waals surface area contributed by atoms with Gasteiger partial charge in [-0.15, -0.1) is 0 Å². The molecule has 0 aromatic heterocycles. The molecule has 0 fully saturated rings. The van der Waals surface area contributed by atoms with Crippen LogP contribution in [0.15, 0.2) is 0 Å². The largest absolute Gasteiger partial charge is 0.394 e. The van der Waals surface area contributed by atoms with Gasteiger partial charge in [0.25, 0.3) is 0 Å². The van der Waals surface area contributed by atoms with E-state index in [1.54, 1.807) is 0 Å². The Morgan fingerprint density at radius 2 is 0.559 bits per heavy atom. The van der Waals surface area contributed by atoms with Gasteiger partial charge < -0.3 is 93.8 Å². The average molecular weight is 863 g/mol. The van der Waals surface area contributed by atoms with Gasteiger partial charge in [0.1, 0.15) is 0 Å². The minimum absolute atomic E-state index is 0.0136. The van der Waals surface area contributed by atoms with Crippen LogP contribution in [-0.4, -0.2) is 237 Å². The molecular weight excluding hydrogens is 788 g/mol. The molecule has 0 unspecified atom stereocenters. The number of hydrogen-bond donors (Lipinski definition) is 7. The van der Waals surface area contributed by atoms with Crippen molar-refractivity contribution in [2.24, 2.45) is 5.73 Å². The SMILES string of the molecule is NC(COCCC(=O)NCCOCCOCCOCCO)(COCCC(=O)NCCOCCOCCOCCO)COCCC(=O)NCCOCCOCCOCCO. The molecule has 0 rings (SSSR count). The van der Waals surface area contributed by atoms with Gasteiger partial charge in [0, 0.05) is 38.9 Å². The molecule has 0 saturated carbocycles. The molecule has 0 aliphatic heterocycles. The fraction of sp³-hybridized carbons (Fsp3) is 0.919. The minimum atomic E-state index is -1.13. The van der Waals surface area contributed by atoms with E-state index in [4.69, 9.17) is 77.9 Å². The molecule has 59 heavy (non-hydrogen) atoms. The number of nitrogens with two attached hydrogens (primary N) is 1. The van der Waals surface area contributed by atoms with E-state index in [2.05, 4.69) is 16.0 Å². The van der Waals surface area contributed by atoms with Gasteiger partial charge in [-0.05, 0) is 0 Å². The summed E-state index contributed by atoms with van der Waals surface area (Å²) in [6, 6.07) is 0. The molecule has 0 saturated heterocycles. The molecule has 0 aromatic rings. The van der Waals surface area contributed by atoms with Crippen LogP contribution in [0.4, 0.5) is 0 Å². The molecule has 0 aliphatic rings. The van der Waals surface area contributed by atoms with E-state index in [-0.39, 0.29) is 116 Å². The molecule has 350 valence electrons. The van der Waals surface area contributed by atoms with Crippen molar-refractivity contribution in [2.75, 3.05) is 198 Å². The number of carbonyl (C=O) groups is 3. The van der Waals surface area contributed by atoms with Crippen LogP contribution < -0.4 is 21.7 Å². The summed E-state index contributed by atoms with van der Waals surface area (Å²) in [4.78, 5) is 36.8. The Balaban J connectivity index is 4.39. The highest BCUT2D eigenvalue weighted by molar-refractivity contribution is 5.76. The lowest BCUT2D eigenvalue weighted by Gasteiger charge is -2.29. The zero-order chi connectivity index (χ0) is 43.2. The van der Waals surface area contributed by atoms with Crippen LogP contribution in [0.1, 0.15) is 19.3 Å². The quantitative estimate of drug-likeness (QED) is 0.0291. The van der Waals surface area contributed by atoms with Crippen molar-refractivity contribution in [3.8, 4) is 0 Å². The van der Waals surface area contributed by atoms with Crippen molar-refractivity contribution >= 4 is 17.7 Å². The highest BCUT2D eigenvalue weighted by atomic mass is 16.6. The topological polar surface area (TPSA) is 285 Å². The van der Waals surface area contributed by atoms with Crippen LogP contribution in [-0.2, 0) is 71.2 Å². The Morgan fingerprint density at radius 1 is 0.339 bits per heavy atom. The van der Waals surface area contributed by atoms with Crippen LogP contribution in [0, 0.1) is 0 Å². The minimum Gasteiger partial charge on any atom is -0.394 e. The molecule has 0 spiro atoms. The standard InChI is InChI=1S/C37H74N4O18/c38-37(31-57-10-1-34(45)39-4-13-48-19-25-54-28-22-51-16-7-42,32-58-11-2-35(46)40-5-14-49-20-26-55-29-23-52-17-8-43)33-59-12-3-36(47)41-6-15-50-21-27-56-30-24-53-18-9-44/h42-44H,1-33,38H2,(H,39,45)(H,40,46)(H,41,47). The Hall–Kier alpha value is -2.23. The number of amides is 3. The van der Waals surface area contributed by atoms with Gasteiger partial charge in [-0.3, -0.25) is 14.4 Å². The second-order valence-corrected chi connectivity index (χ2v) is 12.5. The third-order valence-electron chi connectivity index (χ3n) is 7.23. The lowest BCUT2D eigenvalue weighted by Crippen LogP contribution is -2.53. The van der Waals surface area contributed by atoms with Crippen molar-refractivity contribution in [2.45, 2.75) is 24.8 Å². The van der Waals surface area contributed by atoms with Gasteiger partial charge in [-0.2, -0.15) is 0 Å². The van der Waals surface area contributed by atoms with Crippen molar-refractivity contribution < 1.29 is 86.5 Å². The van der Waals surface area contributed by atoms with E-state index in [0.717, 1.165) is 0 Å². The predicted molar refractivity (Wildman–Crippen MR) is 211 cm³/mol. The smallest absolute Gasteiger partial charge is 0.222 e. The van der Waals surface area contributed by atoms with Gasteiger partial charge in [0.15, 0.2) is 0 Å². The monoisotopic (exact) mass is 862 g/mol. The highest BCUT2D eigenvalue weighted by Crippen LogP contribution is 2.06. The summed E-state index contributed by atoms with van der Waals surface area (Å²) in [7, 11) is 0. The van der Waals surface area contributed by atoms with E-state index >= 15 is 0 Å². The molecule has 22 heteroatoms. The number of aliphatic hydroxyl groups excluding tert-OH is 3. The fourth-order valence-corrected chi connectivity index (χ4v) is 4.32. The molecule has 8 N–H and O–H groups in total. The van der Waals surface area contributed by atoms with Crippen molar-refractivity contribution in [3.05, 3.63) is 0 Å². The third kappa shape index (κ3) is 43.7. The number of carbonyl (C=O) groups excluding carboxylic acids is 3. The number of hydrogen-bond acceptors (Lipinski definition) is 19. The molecule has 0 aromatic carbocycles. The van der Waals surface area contributed by atoms with Crippen LogP contribution in [0.25, 0.3) is 0 Å². The van der Waals surface area contributed by atoms with E-state index in [1.807, 2.05) is 0 Å². The first-order chi connectivity index (χ1) is 28.9. The van der Waals surface area contributed by atoms with Gasteiger partial charge in [0.05, 0.1) is 184 Å². The van der Waals surface area contributed by atoms with Crippen molar-refractivity contribution in [3.63, 3.8) is 0 Å². The predicted octanol–water partition coefficient (Wildman–Crippen LogP) is -3.62. The van der Waals surface area contributed by atoms with E-state index in [1.165, 1.54) is 0 Å². The lowest BCUT2D eigenvalue weighted by molar-refractivity contribution is -0.123. The Kier molecular flexibility index (Phi) is 43.6. The maximum atomic E-state index is 12.3. The summed E-state index contributed by atoms with van der Waals surface area (Å²) in [5.41, 5.74) is 5.44. The normalized spacial score (nSPS) is 11.6. The molecule has 0 aliphatic carbocycles. The summed E-state index contributed by atoms with van der Waals surface area (Å²) in [6.07, 6.45) is 0.260. The fourth-order valence-electron chi connectivity index (χ4n) is 4.32. The molecule has 0 heterocycles. The van der Waals surface area contributed by atoms with E-state index < -0.39 is 5.54 Å². The molecule has 0 atom stereocenters. The maximum absolute atomic E-state index is 12.3. The van der Waals surface area contributed by atoms with Crippen LogP contribution in [0.2, 0.25) is 0 Å². The van der Waals surface area contributed by atoms with Crippen LogP contribution in [0.5, 0.6) is 0 Å². The molecule has 3 amide bonds. The average Bonchev–Trinajstić information content (AvgIpc) is 3.23. The Labute approximate surface area is 348 Å². The van der Waals surface area contributed by atoms with Crippen LogP contribution >= 0.6 is 0 Å². The summed E-state index contributed by atoms with van der Waals surface area (Å²) in [5.74, 6) is -0.677. The first-order valence-electron chi connectivity index (χ1n) is 20.2. The van der Waals surface area contributed by atoms with Gasteiger partial charge in [-0.25, -0.2) is 0 Å². The van der Waals surface area contributed by atoms with Gasteiger partial charge >= 0.3 is 0 Å². The number of aliphatic hydroxyl groups is 3. The molecule has 22 nitrogen and oxygen atoms in total. The first-order valence-corrected chi connectivity index (χ1v) is 20.2. The summed E-state index contributed by atoms with van der Waals surface area (Å²) in [6.45, 7) is 7.47.